The first-order valence-electron chi connectivity index (χ1n) is 12.4. The maximum Gasteiger partial charge on any atom is 0.225 e. The second kappa shape index (κ2) is 10.1. The molecule has 172 valence electrons. The number of likely N-dealkylation sites (tertiary alicyclic amines) is 1. The summed E-state index contributed by atoms with van der Waals surface area (Å²) in [6, 6.07) is 2.01. The van der Waals surface area contributed by atoms with Crippen LogP contribution in [0.15, 0.2) is 30.6 Å². The Labute approximate surface area is 191 Å². The Morgan fingerprint density at radius 2 is 1.97 bits per heavy atom. The highest BCUT2D eigenvalue weighted by atomic mass is 16.3. The lowest BCUT2D eigenvalue weighted by atomic mass is 9.89. The molecule has 5 rings (SSSR count). The van der Waals surface area contributed by atoms with Crippen molar-refractivity contribution >= 4 is 5.95 Å². The minimum atomic E-state index is 0.0926. The van der Waals surface area contributed by atoms with E-state index in [-0.39, 0.29) is 6.61 Å². The molecule has 1 aliphatic carbocycles. The number of nitrogens with zero attached hydrogens (tertiary/aromatic N) is 6. The van der Waals surface area contributed by atoms with Gasteiger partial charge in [0.05, 0.1) is 24.5 Å². The average Bonchev–Trinajstić information content (AvgIpc) is 3.51. The van der Waals surface area contributed by atoms with E-state index in [1.54, 1.807) is 0 Å². The second-order valence-corrected chi connectivity index (χ2v) is 9.60. The van der Waals surface area contributed by atoms with Crippen LogP contribution in [0.5, 0.6) is 0 Å². The van der Waals surface area contributed by atoms with Crippen molar-refractivity contribution in [1.29, 1.82) is 0 Å². The summed E-state index contributed by atoms with van der Waals surface area (Å²) in [4.78, 5) is 14.4. The Bertz CT molecular complexity index is 919. The largest absolute Gasteiger partial charge is 0.394 e. The number of aliphatic hydroxyl groups is 1. The number of hydrogen-bond donors (Lipinski definition) is 1. The van der Waals surface area contributed by atoms with Gasteiger partial charge in [0.1, 0.15) is 0 Å². The number of allylic oxidation sites excluding steroid dienone is 2. The SMILES string of the molecule is OCCn1cc(-c2ccnc(N3CCCC3)n2)c([C@H]2CCCN(C[C@H]3CC=CCC3)C2)n1. The molecule has 2 atom stereocenters. The summed E-state index contributed by atoms with van der Waals surface area (Å²) < 4.78 is 1.90. The van der Waals surface area contributed by atoms with Gasteiger partial charge in [-0.3, -0.25) is 4.68 Å². The van der Waals surface area contributed by atoms with Gasteiger partial charge >= 0.3 is 0 Å². The molecule has 3 aliphatic rings. The highest BCUT2D eigenvalue weighted by Gasteiger charge is 2.28. The quantitative estimate of drug-likeness (QED) is 0.670. The standard InChI is InChI=1S/C25H36N6O/c32-16-15-31-19-22(23-10-11-26-25(27-23)30-13-4-5-14-30)24(28-31)21-9-6-12-29(18-21)17-20-7-2-1-3-8-20/h1-2,10-11,19-21,32H,3-9,12-18H2/t20-,21-/m0/s1. The molecule has 0 bridgehead atoms. The van der Waals surface area contributed by atoms with Gasteiger partial charge in [-0.05, 0) is 63.5 Å². The zero-order valence-corrected chi connectivity index (χ0v) is 19.1. The molecule has 0 amide bonds. The molecule has 0 spiro atoms. The van der Waals surface area contributed by atoms with Crippen LogP contribution in [-0.4, -0.2) is 69.1 Å². The maximum absolute atomic E-state index is 9.51. The maximum atomic E-state index is 9.51. The van der Waals surface area contributed by atoms with Crippen LogP contribution in [0.4, 0.5) is 5.95 Å². The summed E-state index contributed by atoms with van der Waals surface area (Å²) in [7, 11) is 0. The van der Waals surface area contributed by atoms with Crippen molar-refractivity contribution < 1.29 is 5.11 Å². The Morgan fingerprint density at radius 1 is 1.06 bits per heavy atom. The summed E-state index contributed by atoms with van der Waals surface area (Å²) in [5, 5.41) is 14.5. The molecule has 1 N–H and O–H groups in total. The third kappa shape index (κ3) is 4.89. The zero-order chi connectivity index (χ0) is 21.8. The first kappa shape index (κ1) is 21.6. The number of aliphatic hydroxyl groups excluding tert-OH is 1. The molecular formula is C25H36N6O. The Hall–Kier alpha value is -2.25. The van der Waals surface area contributed by atoms with Crippen LogP contribution >= 0.6 is 0 Å². The van der Waals surface area contributed by atoms with Crippen molar-refractivity contribution in [1.82, 2.24) is 24.6 Å². The smallest absolute Gasteiger partial charge is 0.225 e. The molecular weight excluding hydrogens is 400 g/mol. The number of rotatable bonds is 7. The van der Waals surface area contributed by atoms with Crippen molar-refractivity contribution in [3.8, 4) is 11.3 Å². The number of hydrogen-bond acceptors (Lipinski definition) is 6. The molecule has 0 radical (unpaired) electrons. The Balaban J connectivity index is 1.38. The van der Waals surface area contributed by atoms with Gasteiger partial charge in [0.2, 0.25) is 5.95 Å². The van der Waals surface area contributed by atoms with Crippen LogP contribution in [0, 0.1) is 5.92 Å². The zero-order valence-electron chi connectivity index (χ0n) is 19.1. The summed E-state index contributed by atoms with van der Waals surface area (Å²) in [6.45, 7) is 6.13. The first-order chi connectivity index (χ1) is 15.8. The fraction of sp³-hybridized carbons (Fsp3) is 0.640. The first-order valence-corrected chi connectivity index (χ1v) is 12.4. The van der Waals surface area contributed by atoms with E-state index in [9.17, 15) is 5.11 Å². The molecule has 2 aliphatic heterocycles. The lowest BCUT2D eigenvalue weighted by Gasteiger charge is -2.35. The van der Waals surface area contributed by atoms with E-state index in [4.69, 9.17) is 10.1 Å². The van der Waals surface area contributed by atoms with E-state index in [0.29, 0.717) is 12.5 Å². The fourth-order valence-corrected chi connectivity index (χ4v) is 5.55. The van der Waals surface area contributed by atoms with Gasteiger partial charge in [0, 0.05) is 50.1 Å². The van der Waals surface area contributed by atoms with Gasteiger partial charge in [-0.1, -0.05) is 12.2 Å². The van der Waals surface area contributed by atoms with Crippen LogP contribution in [0.25, 0.3) is 11.3 Å². The highest BCUT2D eigenvalue weighted by molar-refractivity contribution is 5.63. The van der Waals surface area contributed by atoms with Gasteiger partial charge in [-0.15, -0.1) is 0 Å². The van der Waals surface area contributed by atoms with Crippen molar-refractivity contribution in [2.75, 3.05) is 44.2 Å². The van der Waals surface area contributed by atoms with Crippen LogP contribution in [0.1, 0.15) is 56.6 Å². The summed E-state index contributed by atoms with van der Waals surface area (Å²) in [5.74, 6) is 2.02. The summed E-state index contributed by atoms with van der Waals surface area (Å²) in [5.41, 5.74) is 3.20. The molecule has 2 aromatic heterocycles. The van der Waals surface area contributed by atoms with Crippen LogP contribution in [-0.2, 0) is 6.54 Å². The van der Waals surface area contributed by atoms with Crippen LogP contribution in [0.3, 0.4) is 0 Å². The van der Waals surface area contributed by atoms with Crippen LogP contribution < -0.4 is 4.90 Å². The number of anilines is 1. The third-order valence-corrected chi connectivity index (χ3v) is 7.21. The normalized spacial score (nSPS) is 24.3. The topological polar surface area (TPSA) is 70.3 Å². The molecule has 7 heteroatoms. The van der Waals surface area contributed by atoms with E-state index in [1.165, 1.54) is 51.6 Å². The molecule has 32 heavy (non-hydrogen) atoms. The van der Waals surface area contributed by atoms with E-state index in [2.05, 4.69) is 33.1 Å². The molecule has 2 saturated heterocycles. The van der Waals surface area contributed by atoms with Gasteiger partial charge in [-0.2, -0.15) is 5.10 Å². The van der Waals surface area contributed by atoms with Crippen molar-refractivity contribution in [3.63, 3.8) is 0 Å². The number of aromatic nitrogens is 4. The molecule has 7 nitrogen and oxygen atoms in total. The van der Waals surface area contributed by atoms with Gasteiger partial charge < -0.3 is 14.9 Å². The van der Waals surface area contributed by atoms with E-state index in [1.807, 2.05) is 16.9 Å². The lowest BCUT2D eigenvalue weighted by molar-refractivity contribution is 0.172. The van der Waals surface area contributed by atoms with E-state index >= 15 is 0 Å². The van der Waals surface area contributed by atoms with E-state index in [0.717, 1.165) is 54.9 Å². The Morgan fingerprint density at radius 3 is 2.78 bits per heavy atom. The second-order valence-electron chi connectivity index (χ2n) is 9.60. The minimum absolute atomic E-state index is 0.0926. The van der Waals surface area contributed by atoms with Crippen molar-refractivity contribution in [3.05, 3.63) is 36.3 Å². The molecule has 2 aromatic rings. The monoisotopic (exact) mass is 436 g/mol. The molecule has 0 saturated carbocycles. The Kier molecular flexibility index (Phi) is 6.83. The predicted molar refractivity (Wildman–Crippen MR) is 127 cm³/mol. The van der Waals surface area contributed by atoms with Crippen molar-refractivity contribution in [2.24, 2.45) is 5.92 Å². The average molecular weight is 437 g/mol. The summed E-state index contributed by atoms with van der Waals surface area (Å²) in [6.07, 6.45) is 17.2. The highest BCUT2D eigenvalue weighted by Crippen LogP contribution is 2.34. The van der Waals surface area contributed by atoms with Gasteiger partial charge in [0.15, 0.2) is 0 Å². The van der Waals surface area contributed by atoms with E-state index < -0.39 is 0 Å². The fourth-order valence-electron chi connectivity index (χ4n) is 5.55. The lowest BCUT2D eigenvalue weighted by Crippen LogP contribution is -2.38. The minimum Gasteiger partial charge on any atom is -0.394 e. The third-order valence-electron chi connectivity index (χ3n) is 7.21. The number of piperidine rings is 1. The molecule has 0 unspecified atom stereocenters. The van der Waals surface area contributed by atoms with Crippen molar-refractivity contribution in [2.45, 2.75) is 57.4 Å². The van der Waals surface area contributed by atoms with Gasteiger partial charge in [-0.25, -0.2) is 9.97 Å². The molecule has 4 heterocycles. The van der Waals surface area contributed by atoms with Crippen LogP contribution in [0.2, 0.25) is 0 Å². The molecule has 0 aromatic carbocycles. The van der Waals surface area contributed by atoms with Gasteiger partial charge in [0.25, 0.3) is 0 Å². The predicted octanol–water partition coefficient (Wildman–Crippen LogP) is 3.47. The summed E-state index contributed by atoms with van der Waals surface area (Å²) >= 11 is 0. The molecule has 2 fully saturated rings.